The summed E-state index contributed by atoms with van der Waals surface area (Å²) in [7, 11) is 1.44. The summed E-state index contributed by atoms with van der Waals surface area (Å²) in [5.41, 5.74) is 0.681. The highest BCUT2D eigenvalue weighted by Crippen LogP contribution is 2.29. The summed E-state index contributed by atoms with van der Waals surface area (Å²) >= 11 is 0. The second kappa shape index (κ2) is 4.89. The zero-order valence-electron chi connectivity index (χ0n) is 10.1. The molecule has 98 valence electrons. The molecule has 0 aliphatic rings. The first-order chi connectivity index (χ1) is 8.58. The predicted molar refractivity (Wildman–Crippen MR) is 62.0 cm³/mol. The second-order valence-corrected chi connectivity index (χ2v) is 3.92. The quantitative estimate of drug-likeness (QED) is 0.914. The van der Waals surface area contributed by atoms with Crippen molar-refractivity contribution >= 4 is 5.52 Å². The molecule has 18 heavy (non-hydrogen) atoms. The fourth-order valence-corrected chi connectivity index (χ4v) is 1.85. The smallest absolute Gasteiger partial charge is 0.282 e. The lowest BCUT2D eigenvalue weighted by Crippen LogP contribution is -2.02. The van der Waals surface area contributed by atoms with Crippen LogP contribution >= 0.6 is 0 Å². The Morgan fingerprint density at radius 1 is 1.44 bits per heavy atom. The standard InChI is InChI=1S/C12H14F2N2O2/c1-3-10(17)7-4-5-11(18-2)16-9(7)6-8(15-16)12(13)14/h4-6,10,12,17H,3H2,1-2H3. The van der Waals surface area contributed by atoms with Gasteiger partial charge in [-0.3, -0.25) is 0 Å². The molecule has 2 rings (SSSR count). The third-order valence-electron chi connectivity index (χ3n) is 2.82. The van der Waals surface area contributed by atoms with Crippen molar-refractivity contribution < 1.29 is 18.6 Å². The Morgan fingerprint density at radius 2 is 2.17 bits per heavy atom. The first-order valence-electron chi connectivity index (χ1n) is 5.61. The second-order valence-electron chi connectivity index (χ2n) is 3.92. The van der Waals surface area contributed by atoms with E-state index in [-0.39, 0.29) is 5.69 Å². The Morgan fingerprint density at radius 3 is 2.72 bits per heavy atom. The number of aromatic nitrogens is 2. The van der Waals surface area contributed by atoms with Gasteiger partial charge in [-0.2, -0.15) is 5.10 Å². The van der Waals surface area contributed by atoms with Gasteiger partial charge in [-0.1, -0.05) is 6.92 Å². The maximum atomic E-state index is 12.7. The van der Waals surface area contributed by atoms with Gasteiger partial charge in [-0.25, -0.2) is 13.3 Å². The van der Waals surface area contributed by atoms with E-state index in [1.807, 2.05) is 6.92 Å². The Kier molecular flexibility index (Phi) is 3.47. The molecule has 0 amide bonds. The monoisotopic (exact) mass is 256 g/mol. The number of pyridine rings is 1. The average Bonchev–Trinajstić information content (AvgIpc) is 2.81. The zero-order chi connectivity index (χ0) is 13.3. The summed E-state index contributed by atoms with van der Waals surface area (Å²) in [4.78, 5) is 0. The lowest BCUT2D eigenvalue weighted by atomic mass is 10.1. The van der Waals surface area contributed by atoms with Crippen LogP contribution in [0.3, 0.4) is 0 Å². The van der Waals surface area contributed by atoms with Gasteiger partial charge < -0.3 is 9.84 Å². The third-order valence-corrected chi connectivity index (χ3v) is 2.82. The third kappa shape index (κ3) is 2.03. The Labute approximate surface area is 103 Å². The first kappa shape index (κ1) is 12.8. The summed E-state index contributed by atoms with van der Waals surface area (Å²) in [5, 5.41) is 13.7. The highest BCUT2D eigenvalue weighted by atomic mass is 19.3. The topological polar surface area (TPSA) is 46.8 Å². The van der Waals surface area contributed by atoms with Gasteiger partial charge in [-0.15, -0.1) is 0 Å². The predicted octanol–water partition coefficient (Wildman–Crippen LogP) is 2.72. The van der Waals surface area contributed by atoms with Crippen LogP contribution in [0.2, 0.25) is 0 Å². The van der Waals surface area contributed by atoms with E-state index in [9.17, 15) is 13.9 Å². The highest BCUT2D eigenvalue weighted by Gasteiger charge is 2.18. The average molecular weight is 256 g/mol. The fourth-order valence-electron chi connectivity index (χ4n) is 1.85. The molecule has 6 heteroatoms. The molecule has 0 aromatic carbocycles. The molecule has 1 atom stereocenters. The minimum absolute atomic E-state index is 0.330. The van der Waals surface area contributed by atoms with Crippen LogP contribution in [0, 0.1) is 0 Å². The minimum atomic E-state index is -2.65. The lowest BCUT2D eigenvalue weighted by molar-refractivity contribution is 0.145. The van der Waals surface area contributed by atoms with Crippen LogP contribution in [0.15, 0.2) is 18.2 Å². The number of halogens is 2. The van der Waals surface area contributed by atoms with Crippen molar-refractivity contribution in [1.82, 2.24) is 9.61 Å². The number of fused-ring (bicyclic) bond motifs is 1. The van der Waals surface area contributed by atoms with Crippen molar-refractivity contribution in [2.75, 3.05) is 7.11 Å². The number of hydrogen-bond donors (Lipinski definition) is 1. The largest absolute Gasteiger partial charge is 0.481 e. The molecule has 0 spiro atoms. The van der Waals surface area contributed by atoms with Crippen molar-refractivity contribution in [1.29, 1.82) is 0 Å². The van der Waals surface area contributed by atoms with Gasteiger partial charge in [0.15, 0.2) is 0 Å². The van der Waals surface area contributed by atoms with Crippen molar-refractivity contribution in [2.45, 2.75) is 25.9 Å². The van der Waals surface area contributed by atoms with Crippen LogP contribution in [0.4, 0.5) is 8.78 Å². The number of methoxy groups -OCH3 is 1. The van der Waals surface area contributed by atoms with Crippen LogP contribution in [-0.4, -0.2) is 21.8 Å². The molecule has 2 aromatic heterocycles. The number of rotatable bonds is 4. The van der Waals surface area contributed by atoms with E-state index in [1.165, 1.54) is 17.7 Å². The van der Waals surface area contributed by atoms with E-state index in [1.54, 1.807) is 12.1 Å². The molecule has 0 radical (unpaired) electrons. The number of aliphatic hydroxyl groups excluding tert-OH is 1. The maximum Gasteiger partial charge on any atom is 0.282 e. The molecule has 2 heterocycles. The maximum absolute atomic E-state index is 12.7. The van der Waals surface area contributed by atoms with Crippen LogP contribution in [0.5, 0.6) is 5.88 Å². The van der Waals surface area contributed by atoms with Gasteiger partial charge in [0.05, 0.1) is 18.7 Å². The van der Waals surface area contributed by atoms with E-state index in [0.29, 0.717) is 23.4 Å². The van der Waals surface area contributed by atoms with Gasteiger partial charge >= 0.3 is 0 Å². The van der Waals surface area contributed by atoms with E-state index in [0.717, 1.165) is 0 Å². The molecule has 0 aliphatic heterocycles. The SMILES string of the molecule is CCC(O)c1ccc(OC)n2nc(C(F)F)cc12. The van der Waals surface area contributed by atoms with E-state index < -0.39 is 12.5 Å². The van der Waals surface area contributed by atoms with Gasteiger partial charge in [0.2, 0.25) is 5.88 Å². The van der Waals surface area contributed by atoms with Gasteiger partial charge in [0.25, 0.3) is 6.43 Å². The summed E-state index contributed by atoms with van der Waals surface area (Å²) in [6.45, 7) is 1.82. The fraction of sp³-hybridized carbons (Fsp3) is 0.417. The molecule has 1 N–H and O–H groups in total. The van der Waals surface area contributed by atoms with Crippen molar-refractivity contribution in [3.63, 3.8) is 0 Å². The van der Waals surface area contributed by atoms with E-state index in [4.69, 9.17) is 4.74 Å². The van der Waals surface area contributed by atoms with Gasteiger partial charge in [0, 0.05) is 11.6 Å². The summed E-state index contributed by atoms with van der Waals surface area (Å²) in [6, 6.07) is 4.55. The Hall–Kier alpha value is -1.69. The van der Waals surface area contributed by atoms with Crippen LogP contribution in [0.25, 0.3) is 5.52 Å². The number of hydrogen-bond acceptors (Lipinski definition) is 3. The molecule has 2 aromatic rings. The normalized spacial score (nSPS) is 13.2. The molecule has 0 bridgehead atoms. The molecule has 0 fully saturated rings. The minimum Gasteiger partial charge on any atom is -0.481 e. The van der Waals surface area contributed by atoms with Crippen molar-refractivity contribution in [3.05, 3.63) is 29.5 Å². The Balaban J connectivity index is 2.67. The highest BCUT2D eigenvalue weighted by molar-refractivity contribution is 5.58. The summed E-state index contributed by atoms with van der Waals surface area (Å²) in [5.74, 6) is 0.351. The molecule has 0 saturated carbocycles. The zero-order valence-corrected chi connectivity index (χ0v) is 10.1. The number of ether oxygens (including phenoxy) is 1. The van der Waals surface area contributed by atoms with Crippen molar-refractivity contribution in [2.24, 2.45) is 0 Å². The summed E-state index contributed by atoms with van der Waals surface area (Å²) in [6.07, 6.45) is -2.86. The number of nitrogens with zero attached hydrogens (tertiary/aromatic N) is 2. The van der Waals surface area contributed by atoms with E-state index >= 15 is 0 Å². The molecule has 1 unspecified atom stereocenters. The number of alkyl halides is 2. The first-order valence-corrected chi connectivity index (χ1v) is 5.61. The van der Waals surface area contributed by atoms with Crippen LogP contribution in [0.1, 0.15) is 37.1 Å². The van der Waals surface area contributed by atoms with Gasteiger partial charge in [0.1, 0.15) is 5.69 Å². The molecule has 0 aliphatic carbocycles. The molecule has 0 saturated heterocycles. The van der Waals surface area contributed by atoms with E-state index in [2.05, 4.69) is 5.10 Å². The molecular weight excluding hydrogens is 242 g/mol. The molecular formula is C12H14F2N2O2. The Bertz CT molecular complexity index is 554. The van der Waals surface area contributed by atoms with Gasteiger partial charge in [-0.05, 0) is 18.6 Å². The van der Waals surface area contributed by atoms with Crippen LogP contribution in [-0.2, 0) is 0 Å². The number of aliphatic hydroxyl groups is 1. The summed E-state index contributed by atoms with van der Waals surface area (Å²) < 4.78 is 31.7. The van der Waals surface area contributed by atoms with Crippen molar-refractivity contribution in [3.8, 4) is 5.88 Å². The lowest BCUT2D eigenvalue weighted by Gasteiger charge is -2.11. The molecule has 4 nitrogen and oxygen atoms in total. The van der Waals surface area contributed by atoms with Crippen LogP contribution < -0.4 is 4.74 Å².